The summed E-state index contributed by atoms with van der Waals surface area (Å²) in [5.41, 5.74) is 5.85. The topological polar surface area (TPSA) is 52.7 Å². The van der Waals surface area contributed by atoms with Crippen LogP contribution in [0.1, 0.15) is 18.9 Å². The van der Waals surface area contributed by atoms with E-state index in [0.29, 0.717) is 6.42 Å². The first kappa shape index (κ1) is 15.4. The van der Waals surface area contributed by atoms with E-state index in [1.54, 1.807) is 0 Å². The fourth-order valence-corrected chi connectivity index (χ4v) is 2.78. The summed E-state index contributed by atoms with van der Waals surface area (Å²) in [5, 5.41) is 10.8. The van der Waals surface area contributed by atoms with Crippen molar-refractivity contribution in [2.75, 3.05) is 45.8 Å². The molecule has 1 aromatic rings. The Kier molecular flexibility index (Phi) is 5.54. The highest BCUT2D eigenvalue weighted by Gasteiger charge is 2.28. The number of benzene rings is 1. The molecule has 1 saturated heterocycles. The summed E-state index contributed by atoms with van der Waals surface area (Å²) < 4.78 is 0. The van der Waals surface area contributed by atoms with Gasteiger partial charge >= 0.3 is 0 Å². The van der Waals surface area contributed by atoms with Crippen LogP contribution in [-0.2, 0) is 5.60 Å². The smallest absolute Gasteiger partial charge is 0.103 e. The molecule has 4 heteroatoms. The van der Waals surface area contributed by atoms with Crippen LogP contribution in [0.3, 0.4) is 0 Å². The summed E-state index contributed by atoms with van der Waals surface area (Å²) in [6.45, 7) is 8.94. The molecular formula is C16H27N3O. The molecule has 1 fully saturated rings. The molecule has 0 saturated carbocycles. The number of rotatable bonds is 6. The Morgan fingerprint density at radius 2 is 1.70 bits per heavy atom. The van der Waals surface area contributed by atoms with Crippen LogP contribution in [0.4, 0.5) is 0 Å². The zero-order valence-corrected chi connectivity index (χ0v) is 12.5. The highest BCUT2D eigenvalue weighted by Crippen LogP contribution is 2.24. The van der Waals surface area contributed by atoms with Gasteiger partial charge in [0.15, 0.2) is 0 Å². The van der Waals surface area contributed by atoms with Crippen molar-refractivity contribution < 1.29 is 5.11 Å². The zero-order valence-electron chi connectivity index (χ0n) is 12.5. The maximum absolute atomic E-state index is 10.8. The molecule has 112 valence electrons. The summed E-state index contributed by atoms with van der Waals surface area (Å²) in [6.07, 6.45) is 0.694. The van der Waals surface area contributed by atoms with Crippen LogP contribution < -0.4 is 5.73 Å². The van der Waals surface area contributed by atoms with Crippen LogP contribution in [0.5, 0.6) is 0 Å². The van der Waals surface area contributed by atoms with Crippen molar-refractivity contribution >= 4 is 0 Å². The standard InChI is InChI=1S/C16H27N3O/c1-2-18-10-12-19(13-11-18)9-8-16(20,14-17)15-6-4-3-5-7-15/h3-7,20H,2,8-14,17H2,1H3. The van der Waals surface area contributed by atoms with Crippen molar-refractivity contribution in [2.24, 2.45) is 5.73 Å². The van der Waals surface area contributed by atoms with Gasteiger partial charge in [0.2, 0.25) is 0 Å². The Balaban J connectivity index is 1.88. The summed E-state index contributed by atoms with van der Waals surface area (Å²) in [6, 6.07) is 9.79. The quantitative estimate of drug-likeness (QED) is 0.810. The molecule has 0 bridgehead atoms. The third-order valence-corrected chi connectivity index (χ3v) is 4.40. The molecule has 0 aromatic heterocycles. The lowest BCUT2D eigenvalue weighted by molar-refractivity contribution is 0.0197. The molecule has 20 heavy (non-hydrogen) atoms. The van der Waals surface area contributed by atoms with Gasteiger partial charge in [0, 0.05) is 39.3 Å². The van der Waals surface area contributed by atoms with Crippen molar-refractivity contribution in [3.63, 3.8) is 0 Å². The van der Waals surface area contributed by atoms with Crippen molar-refractivity contribution in [1.82, 2.24) is 9.80 Å². The van der Waals surface area contributed by atoms with E-state index in [9.17, 15) is 5.11 Å². The molecule has 1 aliphatic heterocycles. The van der Waals surface area contributed by atoms with Gasteiger partial charge < -0.3 is 20.6 Å². The first-order valence-electron chi connectivity index (χ1n) is 7.60. The molecule has 0 amide bonds. The third-order valence-electron chi connectivity index (χ3n) is 4.40. The maximum Gasteiger partial charge on any atom is 0.103 e. The first-order chi connectivity index (χ1) is 9.68. The Morgan fingerprint density at radius 3 is 2.25 bits per heavy atom. The molecular weight excluding hydrogens is 250 g/mol. The van der Waals surface area contributed by atoms with Gasteiger partial charge in [-0.2, -0.15) is 0 Å². The molecule has 1 heterocycles. The molecule has 4 nitrogen and oxygen atoms in total. The minimum Gasteiger partial charge on any atom is -0.384 e. The van der Waals surface area contributed by atoms with Gasteiger partial charge in [-0.25, -0.2) is 0 Å². The second-order valence-corrected chi connectivity index (χ2v) is 5.63. The van der Waals surface area contributed by atoms with Gasteiger partial charge in [0.25, 0.3) is 0 Å². The molecule has 1 aromatic carbocycles. The van der Waals surface area contributed by atoms with Crippen LogP contribution in [0, 0.1) is 0 Å². The molecule has 0 spiro atoms. The summed E-state index contributed by atoms with van der Waals surface area (Å²) in [7, 11) is 0. The molecule has 1 unspecified atom stereocenters. The predicted octanol–water partition coefficient (Wildman–Crippen LogP) is 0.861. The van der Waals surface area contributed by atoms with Crippen molar-refractivity contribution in [1.29, 1.82) is 0 Å². The first-order valence-corrected chi connectivity index (χ1v) is 7.60. The monoisotopic (exact) mass is 277 g/mol. The van der Waals surface area contributed by atoms with Gasteiger partial charge in [0.1, 0.15) is 5.60 Å². The van der Waals surface area contributed by atoms with E-state index >= 15 is 0 Å². The lowest BCUT2D eigenvalue weighted by atomic mass is 9.90. The van der Waals surface area contributed by atoms with Crippen LogP contribution in [0.25, 0.3) is 0 Å². The molecule has 2 rings (SSSR count). The highest BCUT2D eigenvalue weighted by molar-refractivity contribution is 5.22. The maximum atomic E-state index is 10.8. The van der Waals surface area contributed by atoms with Gasteiger partial charge in [-0.1, -0.05) is 37.3 Å². The number of hydrogen-bond acceptors (Lipinski definition) is 4. The number of nitrogens with zero attached hydrogens (tertiary/aromatic N) is 2. The fraction of sp³-hybridized carbons (Fsp3) is 0.625. The van der Waals surface area contributed by atoms with Gasteiger partial charge in [-0.15, -0.1) is 0 Å². The van der Waals surface area contributed by atoms with E-state index in [0.717, 1.165) is 44.8 Å². The summed E-state index contributed by atoms with van der Waals surface area (Å²) in [4.78, 5) is 4.89. The van der Waals surface area contributed by atoms with E-state index < -0.39 is 5.60 Å². The molecule has 0 aliphatic carbocycles. The third kappa shape index (κ3) is 3.79. The van der Waals surface area contributed by atoms with Crippen molar-refractivity contribution in [3.05, 3.63) is 35.9 Å². The van der Waals surface area contributed by atoms with E-state index in [1.807, 2.05) is 30.3 Å². The van der Waals surface area contributed by atoms with E-state index in [1.165, 1.54) is 0 Å². The minimum absolute atomic E-state index is 0.270. The van der Waals surface area contributed by atoms with Crippen LogP contribution in [0.15, 0.2) is 30.3 Å². The van der Waals surface area contributed by atoms with Crippen LogP contribution >= 0.6 is 0 Å². The fourth-order valence-electron chi connectivity index (χ4n) is 2.78. The average Bonchev–Trinajstić information content (AvgIpc) is 2.54. The van der Waals surface area contributed by atoms with Crippen LogP contribution in [-0.4, -0.2) is 60.7 Å². The Morgan fingerprint density at radius 1 is 1.10 bits per heavy atom. The number of nitrogens with two attached hydrogens (primary N) is 1. The number of hydrogen-bond donors (Lipinski definition) is 2. The van der Waals surface area contributed by atoms with Gasteiger partial charge in [0.05, 0.1) is 0 Å². The largest absolute Gasteiger partial charge is 0.384 e. The van der Waals surface area contributed by atoms with Crippen molar-refractivity contribution in [2.45, 2.75) is 18.9 Å². The Hall–Kier alpha value is -0.940. The normalized spacial score (nSPS) is 20.8. The van der Waals surface area contributed by atoms with E-state index in [2.05, 4.69) is 16.7 Å². The second kappa shape index (κ2) is 7.18. The summed E-state index contributed by atoms with van der Waals surface area (Å²) >= 11 is 0. The lowest BCUT2D eigenvalue weighted by Gasteiger charge is -2.36. The number of piperazine rings is 1. The lowest BCUT2D eigenvalue weighted by Crippen LogP contribution is -2.48. The Bertz CT molecular complexity index is 390. The average molecular weight is 277 g/mol. The number of aliphatic hydroxyl groups is 1. The molecule has 1 atom stereocenters. The predicted molar refractivity (Wildman–Crippen MR) is 82.6 cm³/mol. The minimum atomic E-state index is -0.900. The van der Waals surface area contributed by atoms with Crippen LogP contribution in [0.2, 0.25) is 0 Å². The molecule has 1 aliphatic rings. The van der Waals surface area contributed by atoms with Crippen molar-refractivity contribution in [3.8, 4) is 0 Å². The highest BCUT2D eigenvalue weighted by atomic mass is 16.3. The van der Waals surface area contributed by atoms with Gasteiger partial charge in [-0.3, -0.25) is 0 Å². The zero-order chi connectivity index (χ0) is 14.4. The summed E-state index contributed by atoms with van der Waals surface area (Å²) in [5.74, 6) is 0. The molecule has 3 N–H and O–H groups in total. The van der Waals surface area contributed by atoms with E-state index in [4.69, 9.17) is 5.73 Å². The Labute approximate surface area is 122 Å². The second-order valence-electron chi connectivity index (χ2n) is 5.63. The SMILES string of the molecule is CCN1CCN(CCC(O)(CN)c2ccccc2)CC1. The molecule has 0 radical (unpaired) electrons. The van der Waals surface area contributed by atoms with Gasteiger partial charge in [-0.05, 0) is 18.5 Å². The number of likely N-dealkylation sites (N-methyl/N-ethyl adjacent to an activating group) is 1. The van der Waals surface area contributed by atoms with E-state index in [-0.39, 0.29) is 6.54 Å².